The van der Waals surface area contributed by atoms with Crippen LogP contribution in [-0.2, 0) is 4.79 Å². The SMILES string of the molecule is N#C/C(=C/c1cc(Cl)cc(I)c1O)C(=O)Nc1ccc(Cl)cc1. The molecule has 0 aliphatic rings. The highest BCUT2D eigenvalue weighted by Crippen LogP contribution is 2.30. The van der Waals surface area contributed by atoms with Gasteiger partial charge in [-0.1, -0.05) is 23.2 Å². The average Bonchev–Trinajstić information content (AvgIpc) is 2.51. The van der Waals surface area contributed by atoms with E-state index in [4.69, 9.17) is 23.2 Å². The summed E-state index contributed by atoms with van der Waals surface area (Å²) in [6.07, 6.45) is 1.29. The molecule has 0 unspecified atom stereocenters. The number of phenolic OH excluding ortho intramolecular Hbond substituents is 1. The third kappa shape index (κ3) is 4.61. The molecule has 2 aromatic rings. The number of phenols is 1. The third-order valence-electron chi connectivity index (χ3n) is 2.82. The highest BCUT2D eigenvalue weighted by Gasteiger charge is 2.12. The number of carbonyl (C=O) groups excluding carboxylic acids is 1. The summed E-state index contributed by atoms with van der Waals surface area (Å²) in [4.78, 5) is 12.2. The van der Waals surface area contributed by atoms with E-state index in [0.717, 1.165) is 0 Å². The first-order valence-corrected chi connectivity index (χ1v) is 8.11. The number of benzene rings is 2. The molecule has 7 heteroatoms. The number of amides is 1. The first-order valence-electron chi connectivity index (χ1n) is 6.27. The lowest BCUT2D eigenvalue weighted by atomic mass is 10.1. The predicted molar refractivity (Wildman–Crippen MR) is 99.5 cm³/mol. The van der Waals surface area contributed by atoms with E-state index in [1.165, 1.54) is 12.1 Å². The summed E-state index contributed by atoms with van der Waals surface area (Å²) in [5, 5.41) is 22.7. The van der Waals surface area contributed by atoms with Crippen LogP contribution in [0.15, 0.2) is 42.0 Å². The van der Waals surface area contributed by atoms with Crippen molar-refractivity contribution in [2.45, 2.75) is 0 Å². The second kappa shape index (κ2) is 7.68. The van der Waals surface area contributed by atoms with Crippen molar-refractivity contribution in [2.24, 2.45) is 0 Å². The quantitative estimate of drug-likeness (QED) is 0.392. The van der Waals surface area contributed by atoms with Crippen molar-refractivity contribution in [3.8, 4) is 11.8 Å². The average molecular weight is 459 g/mol. The van der Waals surface area contributed by atoms with Crippen molar-refractivity contribution in [1.82, 2.24) is 0 Å². The van der Waals surface area contributed by atoms with Crippen molar-refractivity contribution in [2.75, 3.05) is 5.32 Å². The van der Waals surface area contributed by atoms with Gasteiger partial charge in [-0.3, -0.25) is 4.79 Å². The van der Waals surface area contributed by atoms with Crippen LogP contribution in [0.25, 0.3) is 6.08 Å². The van der Waals surface area contributed by atoms with Gasteiger partial charge in [0.2, 0.25) is 0 Å². The summed E-state index contributed by atoms with van der Waals surface area (Å²) >= 11 is 13.6. The van der Waals surface area contributed by atoms with Gasteiger partial charge in [0, 0.05) is 21.3 Å². The van der Waals surface area contributed by atoms with Crippen LogP contribution in [0.2, 0.25) is 10.0 Å². The van der Waals surface area contributed by atoms with Crippen LogP contribution in [-0.4, -0.2) is 11.0 Å². The molecule has 0 bridgehead atoms. The van der Waals surface area contributed by atoms with E-state index < -0.39 is 5.91 Å². The fourth-order valence-corrected chi connectivity index (χ4v) is 2.92. The summed E-state index contributed by atoms with van der Waals surface area (Å²) in [6.45, 7) is 0. The van der Waals surface area contributed by atoms with Gasteiger partial charge in [-0.2, -0.15) is 5.26 Å². The van der Waals surface area contributed by atoms with Crippen LogP contribution in [0.1, 0.15) is 5.56 Å². The Morgan fingerprint density at radius 3 is 2.48 bits per heavy atom. The summed E-state index contributed by atoms with van der Waals surface area (Å²) in [6, 6.07) is 11.4. The number of nitrogens with zero attached hydrogens (tertiary/aromatic N) is 1. The normalized spacial score (nSPS) is 11.0. The van der Waals surface area contributed by atoms with Gasteiger partial charge in [-0.05, 0) is 65.1 Å². The lowest BCUT2D eigenvalue weighted by Crippen LogP contribution is -2.13. The molecule has 0 spiro atoms. The smallest absolute Gasteiger partial charge is 0.266 e. The topological polar surface area (TPSA) is 73.1 Å². The molecule has 2 aromatic carbocycles. The number of aromatic hydroxyl groups is 1. The number of nitriles is 1. The van der Waals surface area contributed by atoms with Gasteiger partial charge >= 0.3 is 0 Å². The molecule has 0 atom stereocenters. The molecule has 0 aliphatic carbocycles. The Hall–Kier alpha value is -1.75. The van der Waals surface area contributed by atoms with E-state index in [1.807, 2.05) is 28.7 Å². The Labute approximate surface area is 156 Å². The molecule has 1 amide bonds. The first kappa shape index (κ1) is 17.6. The summed E-state index contributed by atoms with van der Waals surface area (Å²) in [5.74, 6) is -0.633. The highest BCUT2D eigenvalue weighted by atomic mass is 127. The van der Waals surface area contributed by atoms with Crippen LogP contribution in [0, 0.1) is 14.9 Å². The predicted octanol–water partition coefficient (Wildman–Crippen LogP) is 4.85. The lowest BCUT2D eigenvalue weighted by molar-refractivity contribution is -0.112. The van der Waals surface area contributed by atoms with E-state index >= 15 is 0 Å². The van der Waals surface area contributed by atoms with Crippen LogP contribution in [0.5, 0.6) is 5.75 Å². The molecule has 0 aliphatic heterocycles. The summed E-state index contributed by atoms with van der Waals surface area (Å²) < 4.78 is 0.525. The Kier molecular flexibility index (Phi) is 5.88. The van der Waals surface area contributed by atoms with Crippen molar-refractivity contribution in [3.63, 3.8) is 0 Å². The zero-order valence-corrected chi connectivity index (χ0v) is 15.1. The number of anilines is 1. The molecule has 0 radical (unpaired) electrons. The molecule has 0 fully saturated rings. The molecule has 116 valence electrons. The monoisotopic (exact) mass is 458 g/mol. The maximum atomic E-state index is 12.2. The first-order chi connectivity index (χ1) is 10.9. The maximum absolute atomic E-state index is 12.2. The van der Waals surface area contributed by atoms with E-state index in [9.17, 15) is 15.2 Å². The molecule has 2 N–H and O–H groups in total. The lowest BCUT2D eigenvalue weighted by Gasteiger charge is -2.06. The van der Waals surface area contributed by atoms with Gasteiger partial charge < -0.3 is 10.4 Å². The Bertz CT molecular complexity index is 827. The molecular formula is C16H9Cl2IN2O2. The fourth-order valence-electron chi connectivity index (χ4n) is 1.73. The number of hydrogen-bond donors (Lipinski definition) is 2. The Morgan fingerprint density at radius 2 is 1.87 bits per heavy atom. The molecule has 23 heavy (non-hydrogen) atoms. The van der Waals surface area contributed by atoms with Gasteiger partial charge in [0.05, 0.1) is 3.57 Å². The van der Waals surface area contributed by atoms with Gasteiger partial charge in [-0.15, -0.1) is 0 Å². The second-order valence-electron chi connectivity index (χ2n) is 4.46. The van der Waals surface area contributed by atoms with Crippen molar-refractivity contribution >= 4 is 63.5 Å². The third-order valence-corrected chi connectivity index (χ3v) is 4.12. The van der Waals surface area contributed by atoms with Gasteiger partial charge in [0.1, 0.15) is 17.4 Å². The van der Waals surface area contributed by atoms with Crippen LogP contribution < -0.4 is 5.32 Å². The van der Waals surface area contributed by atoms with Crippen molar-refractivity contribution < 1.29 is 9.90 Å². The minimum Gasteiger partial charge on any atom is -0.506 e. The molecule has 0 aromatic heterocycles. The number of rotatable bonds is 3. The number of nitrogens with one attached hydrogen (secondary N) is 1. The summed E-state index contributed by atoms with van der Waals surface area (Å²) in [7, 11) is 0. The van der Waals surface area contributed by atoms with E-state index in [2.05, 4.69) is 5.32 Å². The molecule has 0 saturated carbocycles. The molecule has 2 rings (SSSR count). The Morgan fingerprint density at radius 1 is 1.22 bits per heavy atom. The van der Waals surface area contributed by atoms with Crippen LogP contribution >= 0.6 is 45.8 Å². The molecule has 4 nitrogen and oxygen atoms in total. The molecule has 0 saturated heterocycles. The van der Waals surface area contributed by atoms with Crippen LogP contribution in [0.4, 0.5) is 5.69 Å². The van der Waals surface area contributed by atoms with E-state index in [-0.39, 0.29) is 11.3 Å². The highest BCUT2D eigenvalue weighted by molar-refractivity contribution is 14.1. The fraction of sp³-hybridized carbons (Fsp3) is 0. The van der Waals surface area contributed by atoms with Gasteiger partial charge in [0.15, 0.2) is 0 Å². The number of hydrogen-bond acceptors (Lipinski definition) is 3. The van der Waals surface area contributed by atoms with Gasteiger partial charge in [-0.25, -0.2) is 0 Å². The zero-order valence-electron chi connectivity index (χ0n) is 11.5. The minimum atomic E-state index is -0.593. The number of carbonyl (C=O) groups is 1. The zero-order chi connectivity index (χ0) is 17.0. The molecule has 0 heterocycles. The van der Waals surface area contributed by atoms with Gasteiger partial charge in [0.25, 0.3) is 5.91 Å². The van der Waals surface area contributed by atoms with E-state index in [0.29, 0.717) is 24.9 Å². The Balaban J connectivity index is 2.30. The standard InChI is InChI=1S/C16H9Cl2IN2O2/c17-11-1-3-13(4-2-11)21-16(23)10(8-20)5-9-6-12(18)7-14(19)15(9)22/h1-7,22H,(H,21,23)/b10-5-. The van der Waals surface area contributed by atoms with Crippen LogP contribution in [0.3, 0.4) is 0 Å². The maximum Gasteiger partial charge on any atom is 0.266 e. The number of halogens is 3. The molecular weight excluding hydrogens is 450 g/mol. The largest absolute Gasteiger partial charge is 0.506 e. The van der Waals surface area contributed by atoms with Crippen molar-refractivity contribution in [3.05, 3.63) is 61.2 Å². The minimum absolute atomic E-state index is 0.0398. The van der Waals surface area contributed by atoms with E-state index in [1.54, 1.807) is 30.3 Å². The summed E-state index contributed by atoms with van der Waals surface area (Å²) in [5.41, 5.74) is 0.642. The van der Waals surface area contributed by atoms with Crippen molar-refractivity contribution in [1.29, 1.82) is 5.26 Å². The second-order valence-corrected chi connectivity index (χ2v) is 6.49.